The Kier molecular flexibility index (Phi) is 5.48. The highest BCUT2D eigenvalue weighted by Gasteiger charge is 2.41. The number of ether oxygens (including phenoxy) is 1. The molecule has 2 unspecified atom stereocenters. The number of nitrogens with one attached hydrogen (secondary N) is 1. The van der Waals surface area contributed by atoms with Crippen molar-refractivity contribution >= 4 is 34.4 Å². The van der Waals surface area contributed by atoms with E-state index in [1.807, 2.05) is 0 Å². The van der Waals surface area contributed by atoms with E-state index in [0.717, 1.165) is 19.4 Å². The van der Waals surface area contributed by atoms with Crippen molar-refractivity contribution in [3.05, 3.63) is 33.4 Å². The van der Waals surface area contributed by atoms with Crippen LogP contribution in [0.1, 0.15) is 37.3 Å². The van der Waals surface area contributed by atoms with Crippen molar-refractivity contribution in [2.75, 3.05) is 18.1 Å². The molecule has 1 aromatic carbocycles. The van der Waals surface area contributed by atoms with Crippen molar-refractivity contribution in [2.24, 2.45) is 11.8 Å². The third kappa shape index (κ3) is 3.75. The molecule has 3 nitrogen and oxygen atoms in total. The smallest absolute Gasteiger partial charge is 0.0701 e. The Balaban J connectivity index is 1.77. The largest absolute Gasteiger partial charge is 0.375 e. The van der Waals surface area contributed by atoms with Gasteiger partial charge in [0.2, 0.25) is 0 Å². The number of benzene rings is 1. The molecule has 2 atom stereocenters. The van der Waals surface area contributed by atoms with Gasteiger partial charge in [-0.3, -0.25) is 11.3 Å². The number of hydrogen-bond acceptors (Lipinski definition) is 4. The summed E-state index contributed by atoms with van der Waals surface area (Å²) in [5, 5.41) is 0. The van der Waals surface area contributed by atoms with Crippen LogP contribution in [0.3, 0.4) is 0 Å². The standard InChI is InChI=1S/C16H23IN2OS/c17-14-3-1-2-12(10-14)15(19-18)13-4-7-20-16(11-13)5-8-21-9-6-16/h1-3,10,13,15,19H,4-9,11,18H2. The van der Waals surface area contributed by atoms with E-state index >= 15 is 0 Å². The molecule has 2 aliphatic heterocycles. The average Bonchev–Trinajstić information content (AvgIpc) is 2.49. The predicted octanol–water partition coefficient (Wildman–Crippen LogP) is 3.49. The van der Waals surface area contributed by atoms with E-state index < -0.39 is 0 Å². The topological polar surface area (TPSA) is 47.3 Å². The highest BCUT2D eigenvalue weighted by molar-refractivity contribution is 14.1. The van der Waals surface area contributed by atoms with Crippen LogP contribution in [0.4, 0.5) is 0 Å². The van der Waals surface area contributed by atoms with E-state index in [0.29, 0.717) is 5.92 Å². The van der Waals surface area contributed by atoms with Gasteiger partial charge in [-0.2, -0.15) is 11.8 Å². The molecule has 3 rings (SSSR count). The van der Waals surface area contributed by atoms with Crippen molar-refractivity contribution < 1.29 is 4.74 Å². The van der Waals surface area contributed by atoms with Gasteiger partial charge in [0.05, 0.1) is 5.60 Å². The van der Waals surface area contributed by atoms with Gasteiger partial charge in [0.25, 0.3) is 0 Å². The van der Waals surface area contributed by atoms with E-state index in [9.17, 15) is 0 Å². The second-order valence-corrected chi connectivity index (χ2v) is 8.57. The number of hydrogen-bond donors (Lipinski definition) is 2. The Bertz CT molecular complexity index is 474. The first-order chi connectivity index (χ1) is 10.2. The summed E-state index contributed by atoms with van der Waals surface area (Å²) in [5.41, 5.74) is 4.49. The van der Waals surface area contributed by atoms with Crippen molar-refractivity contribution in [1.29, 1.82) is 0 Å². The second kappa shape index (κ2) is 7.17. The first-order valence-electron chi connectivity index (χ1n) is 7.66. The lowest BCUT2D eigenvalue weighted by Gasteiger charge is -2.45. The fourth-order valence-electron chi connectivity index (χ4n) is 3.65. The van der Waals surface area contributed by atoms with Crippen LogP contribution in [0, 0.1) is 9.49 Å². The molecular weight excluding hydrogens is 395 g/mol. The third-order valence-electron chi connectivity index (χ3n) is 4.79. The monoisotopic (exact) mass is 418 g/mol. The van der Waals surface area contributed by atoms with E-state index in [-0.39, 0.29) is 11.6 Å². The Morgan fingerprint density at radius 2 is 2.19 bits per heavy atom. The third-order valence-corrected chi connectivity index (χ3v) is 6.45. The number of hydrazine groups is 1. The minimum absolute atomic E-state index is 0.116. The quantitative estimate of drug-likeness (QED) is 0.448. The Morgan fingerprint density at radius 1 is 1.38 bits per heavy atom. The van der Waals surface area contributed by atoms with Crippen LogP contribution in [0.25, 0.3) is 0 Å². The fraction of sp³-hybridized carbons (Fsp3) is 0.625. The van der Waals surface area contributed by atoms with Gasteiger partial charge in [0, 0.05) is 16.2 Å². The Labute approximate surface area is 144 Å². The van der Waals surface area contributed by atoms with Crippen molar-refractivity contribution in [2.45, 2.75) is 37.3 Å². The lowest BCUT2D eigenvalue weighted by molar-refractivity contribution is -0.107. The molecule has 21 heavy (non-hydrogen) atoms. The lowest BCUT2D eigenvalue weighted by Crippen LogP contribution is -2.46. The summed E-state index contributed by atoms with van der Waals surface area (Å²) in [4.78, 5) is 0. The first kappa shape index (κ1) is 16.1. The van der Waals surface area contributed by atoms with Crippen LogP contribution in [0.2, 0.25) is 0 Å². The molecule has 2 saturated heterocycles. The zero-order chi connectivity index (χ0) is 14.7. The SMILES string of the molecule is NNC(c1cccc(I)c1)C1CCOC2(CCSCC2)C1. The fourth-order valence-corrected chi connectivity index (χ4v) is 5.45. The van der Waals surface area contributed by atoms with E-state index in [1.165, 1.54) is 33.5 Å². The van der Waals surface area contributed by atoms with Gasteiger partial charge in [-0.25, -0.2) is 0 Å². The molecule has 116 valence electrons. The molecule has 3 N–H and O–H groups in total. The molecule has 0 radical (unpaired) electrons. The van der Waals surface area contributed by atoms with Crippen LogP contribution in [0.5, 0.6) is 0 Å². The maximum atomic E-state index is 6.21. The van der Waals surface area contributed by atoms with Gasteiger partial charge >= 0.3 is 0 Å². The summed E-state index contributed by atoms with van der Waals surface area (Å²) in [7, 11) is 0. The highest BCUT2D eigenvalue weighted by atomic mass is 127. The molecular formula is C16H23IN2OS. The van der Waals surface area contributed by atoms with Gasteiger partial charge in [-0.15, -0.1) is 0 Å². The zero-order valence-electron chi connectivity index (χ0n) is 12.2. The maximum absolute atomic E-state index is 6.21. The normalized spacial score (nSPS) is 26.7. The summed E-state index contributed by atoms with van der Waals surface area (Å²) in [6.07, 6.45) is 4.61. The molecule has 0 amide bonds. The van der Waals surface area contributed by atoms with Crippen LogP contribution in [-0.2, 0) is 4.74 Å². The Hall–Kier alpha value is 0.180. The second-order valence-electron chi connectivity index (χ2n) is 6.10. The average molecular weight is 418 g/mol. The summed E-state index contributed by atoms with van der Waals surface area (Å²) >= 11 is 4.42. The van der Waals surface area contributed by atoms with Gasteiger partial charge in [-0.05, 0) is 83.4 Å². The van der Waals surface area contributed by atoms with Gasteiger partial charge in [0.15, 0.2) is 0 Å². The minimum atomic E-state index is 0.116. The maximum Gasteiger partial charge on any atom is 0.0701 e. The number of nitrogens with two attached hydrogens (primary N) is 1. The molecule has 0 aromatic heterocycles. The first-order valence-corrected chi connectivity index (χ1v) is 9.89. The van der Waals surface area contributed by atoms with Crippen molar-refractivity contribution in [3.8, 4) is 0 Å². The van der Waals surface area contributed by atoms with Crippen LogP contribution < -0.4 is 11.3 Å². The molecule has 2 aliphatic rings. The molecule has 2 heterocycles. The van der Waals surface area contributed by atoms with E-state index in [4.69, 9.17) is 10.6 Å². The van der Waals surface area contributed by atoms with Gasteiger partial charge in [0.1, 0.15) is 0 Å². The summed E-state index contributed by atoms with van der Waals surface area (Å²) < 4.78 is 7.47. The van der Waals surface area contributed by atoms with Gasteiger partial charge < -0.3 is 4.74 Å². The number of thioether (sulfide) groups is 1. The summed E-state index contributed by atoms with van der Waals surface area (Å²) in [6, 6.07) is 8.90. The predicted molar refractivity (Wildman–Crippen MR) is 97.2 cm³/mol. The summed E-state index contributed by atoms with van der Waals surface area (Å²) in [6.45, 7) is 0.872. The Morgan fingerprint density at radius 3 is 2.90 bits per heavy atom. The van der Waals surface area contributed by atoms with Crippen LogP contribution >= 0.6 is 34.4 Å². The molecule has 5 heteroatoms. The summed E-state index contributed by atoms with van der Waals surface area (Å²) in [5.74, 6) is 8.93. The molecule has 1 spiro atoms. The zero-order valence-corrected chi connectivity index (χ0v) is 15.2. The molecule has 0 bridgehead atoms. The number of halogens is 1. The van der Waals surface area contributed by atoms with E-state index in [1.54, 1.807) is 0 Å². The van der Waals surface area contributed by atoms with Crippen LogP contribution in [-0.4, -0.2) is 23.7 Å². The van der Waals surface area contributed by atoms with Gasteiger partial charge in [-0.1, -0.05) is 12.1 Å². The van der Waals surface area contributed by atoms with Crippen molar-refractivity contribution in [3.63, 3.8) is 0 Å². The molecule has 0 saturated carbocycles. The minimum Gasteiger partial charge on any atom is -0.375 e. The van der Waals surface area contributed by atoms with Crippen molar-refractivity contribution in [1.82, 2.24) is 5.43 Å². The van der Waals surface area contributed by atoms with Crippen LogP contribution in [0.15, 0.2) is 24.3 Å². The van der Waals surface area contributed by atoms with E-state index in [2.05, 4.69) is 64.0 Å². The molecule has 2 fully saturated rings. The molecule has 1 aromatic rings. The molecule has 0 aliphatic carbocycles. The number of rotatable bonds is 3. The lowest BCUT2D eigenvalue weighted by atomic mass is 9.77. The highest BCUT2D eigenvalue weighted by Crippen LogP contribution is 2.43.